The Morgan fingerprint density at radius 3 is 2.81 bits per heavy atom. The van der Waals surface area contributed by atoms with Gasteiger partial charge in [-0.15, -0.1) is 0 Å². The fraction of sp³-hybridized carbons (Fsp3) is 0.200. The van der Waals surface area contributed by atoms with Crippen molar-refractivity contribution in [3.8, 4) is 6.07 Å². The number of anilines is 2. The van der Waals surface area contributed by atoms with Gasteiger partial charge in [0, 0.05) is 11.9 Å². The third-order valence-corrected chi connectivity index (χ3v) is 3.22. The van der Waals surface area contributed by atoms with Crippen LogP contribution in [0.15, 0.2) is 30.5 Å². The first-order chi connectivity index (χ1) is 10.1. The molecule has 1 N–H and O–H groups in total. The Labute approximate surface area is 122 Å². The Kier molecular flexibility index (Phi) is 4.14. The van der Waals surface area contributed by atoms with Crippen LogP contribution in [-0.4, -0.2) is 9.91 Å². The summed E-state index contributed by atoms with van der Waals surface area (Å²) in [7, 11) is 0. The average Bonchev–Trinajstić information content (AvgIpc) is 2.48. The molecule has 0 aliphatic rings. The number of hydrogen-bond acceptors (Lipinski definition) is 5. The van der Waals surface area contributed by atoms with Crippen molar-refractivity contribution in [2.75, 3.05) is 5.32 Å². The van der Waals surface area contributed by atoms with Crippen molar-refractivity contribution in [2.45, 2.75) is 20.3 Å². The molecule has 0 bridgehead atoms. The minimum absolute atomic E-state index is 0.0136. The van der Waals surface area contributed by atoms with Crippen LogP contribution in [0.3, 0.4) is 0 Å². The van der Waals surface area contributed by atoms with Crippen LogP contribution in [0.4, 0.5) is 17.2 Å². The first-order valence-corrected chi connectivity index (χ1v) is 6.46. The summed E-state index contributed by atoms with van der Waals surface area (Å²) in [6.07, 6.45) is 2.25. The van der Waals surface area contributed by atoms with Crippen LogP contribution in [0.25, 0.3) is 0 Å². The van der Waals surface area contributed by atoms with Crippen molar-refractivity contribution in [3.05, 3.63) is 57.3 Å². The van der Waals surface area contributed by atoms with Gasteiger partial charge in [0.1, 0.15) is 11.6 Å². The van der Waals surface area contributed by atoms with Crippen molar-refractivity contribution in [3.63, 3.8) is 0 Å². The van der Waals surface area contributed by atoms with Crippen LogP contribution in [0.5, 0.6) is 0 Å². The predicted octanol–water partition coefficient (Wildman–Crippen LogP) is 3.48. The molecule has 0 atom stereocenters. The van der Waals surface area contributed by atoms with Gasteiger partial charge in [-0.2, -0.15) is 5.26 Å². The van der Waals surface area contributed by atoms with E-state index in [1.807, 2.05) is 38.1 Å². The van der Waals surface area contributed by atoms with Gasteiger partial charge in [-0.3, -0.25) is 10.1 Å². The van der Waals surface area contributed by atoms with Crippen LogP contribution in [-0.2, 0) is 6.42 Å². The number of benzene rings is 1. The number of pyridine rings is 1. The molecule has 2 rings (SSSR count). The Morgan fingerprint density at radius 1 is 1.43 bits per heavy atom. The van der Waals surface area contributed by atoms with Gasteiger partial charge in [0.05, 0.1) is 4.92 Å². The summed E-state index contributed by atoms with van der Waals surface area (Å²) >= 11 is 0. The normalized spacial score (nSPS) is 9.95. The topological polar surface area (TPSA) is 91.8 Å². The Hall–Kier alpha value is -2.94. The monoisotopic (exact) mass is 282 g/mol. The molecule has 21 heavy (non-hydrogen) atoms. The summed E-state index contributed by atoms with van der Waals surface area (Å²) in [4.78, 5) is 14.5. The Balaban J connectivity index is 2.45. The number of aryl methyl sites for hydroxylation is 2. The maximum absolute atomic E-state index is 11.1. The highest BCUT2D eigenvalue weighted by Crippen LogP contribution is 2.29. The maximum atomic E-state index is 11.1. The highest BCUT2D eigenvalue weighted by atomic mass is 16.6. The second-order valence-corrected chi connectivity index (χ2v) is 4.54. The van der Waals surface area contributed by atoms with Crippen molar-refractivity contribution in [1.29, 1.82) is 5.26 Å². The van der Waals surface area contributed by atoms with Gasteiger partial charge >= 0.3 is 5.69 Å². The van der Waals surface area contributed by atoms with E-state index in [1.165, 1.54) is 12.3 Å². The molecule has 1 aromatic carbocycles. The third-order valence-electron chi connectivity index (χ3n) is 3.22. The highest BCUT2D eigenvalue weighted by molar-refractivity contribution is 5.70. The second kappa shape index (κ2) is 6.01. The highest BCUT2D eigenvalue weighted by Gasteiger charge is 2.21. The summed E-state index contributed by atoms with van der Waals surface area (Å²) in [5, 5.41) is 23.0. The molecule has 0 aliphatic heterocycles. The lowest BCUT2D eigenvalue weighted by Gasteiger charge is -2.10. The Bertz CT molecular complexity index is 735. The van der Waals surface area contributed by atoms with Gasteiger partial charge in [-0.05, 0) is 42.7 Å². The molecule has 2 aromatic rings. The molecular formula is C15H14N4O2. The van der Waals surface area contributed by atoms with Crippen LogP contribution >= 0.6 is 0 Å². The molecular weight excluding hydrogens is 268 g/mol. The third kappa shape index (κ3) is 2.98. The quantitative estimate of drug-likeness (QED) is 0.684. The molecule has 0 saturated heterocycles. The lowest BCUT2D eigenvalue weighted by Crippen LogP contribution is -2.02. The number of nitrogens with one attached hydrogen (secondary N) is 1. The van der Waals surface area contributed by atoms with Crippen LogP contribution in [0, 0.1) is 28.4 Å². The number of nitro groups is 1. The second-order valence-electron chi connectivity index (χ2n) is 4.54. The lowest BCUT2D eigenvalue weighted by molar-refractivity contribution is -0.384. The van der Waals surface area contributed by atoms with E-state index in [0.29, 0.717) is 5.69 Å². The van der Waals surface area contributed by atoms with E-state index in [9.17, 15) is 10.1 Å². The molecule has 6 heteroatoms. The van der Waals surface area contributed by atoms with Gasteiger partial charge in [0.25, 0.3) is 0 Å². The molecule has 0 aliphatic carbocycles. The minimum Gasteiger partial charge on any atom is -0.334 e. The fourth-order valence-electron chi connectivity index (χ4n) is 2.09. The van der Waals surface area contributed by atoms with Gasteiger partial charge in [-0.25, -0.2) is 4.98 Å². The number of nitriles is 1. The zero-order valence-electron chi connectivity index (χ0n) is 11.8. The van der Waals surface area contributed by atoms with Crippen LogP contribution < -0.4 is 5.32 Å². The van der Waals surface area contributed by atoms with Gasteiger partial charge in [-0.1, -0.05) is 13.0 Å². The summed E-state index contributed by atoms with van der Waals surface area (Å²) in [6, 6.07) is 8.85. The molecule has 6 nitrogen and oxygen atoms in total. The molecule has 1 heterocycles. The van der Waals surface area contributed by atoms with Gasteiger partial charge < -0.3 is 5.32 Å². The van der Waals surface area contributed by atoms with Crippen molar-refractivity contribution >= 4 is 17.2 Å². The largest absolute Gasteiger partial charge is 0.334 e. The number of rotatable bonds is 4. The first-order valence-electron chi connectivity index (χ1n) is 6.46. The van der Waals surface area contributed by atoms with E-state index in [2.05, 4.69) is 10.3 Å². The lowest BCUT2D eigenvalue weighted by atomic mass is 10.1. The molecule has 1 aromatic heterocycles. The number of hydrogen-bond donors (Lipinski definition) is 1. The van der Waals surface area contributed by atoms with Gasteiger partial charge in [0.15, 0.2) is 0 Å². The maximum Gasteiger partial charge on any atom is 0.329 e. The van der Waals surface area contributed by atoms with E-state index in [4.69, 9.17) is 5.26 Å². The SMILES string of the molecule is CCc1cc(Nc2nccc(C#N)c2[N+](=O)[O-])ccc1C. The summed E-state index contributed by atoms with van der Waals surface area (Å²) in [6.45, 7) is 4.06. The number of nitrogens with zero attached hydrogens (tertiary/aromatic N) is 3. The molecule has 0 spiro atoms. The molecule has 0 amide bonds. The standard InChI is InChI=1S/C15H14N4O2/c1-3-11-8-13(5-4-10(11)2)18-15-14(19(20)21)12(9-16)6-7-17-15/h4-8H,3H2,1-2H3,(H,17,18). The number of aromatic nitrogens is 1. The summed E-state index contributed by atoms with van der Waals surface area (Å²) < 4.78 is 0. The fourth-order valence-corrected chi connectivity index (χ4v) is 2.09. The van der Waals surface area contributed by atoms with Crippen LogP contribution in [0.1, 0.15) is 23.6 Å². The van der Waals surface area contributed by atoms with Crippen molar-refractivity contribution < 1.29 is 4.92 Å². The molecule has 106 valence electrons. The smallest absolute Gasteiger partial charge is 0.329 e. The average molecular weight is 282 g/mol. The van der Waals surface area contributed by atoms with Crippen LogP contribution in [0.2, 0.25) is 0 Å². The molecule has 0 unspecified atom stereocenters. The van der Waals surface area contributed by atoms with Crippen molar-refractivity contribution in [2.24, 2.45) is 0 Å². The zero-order chi connectivity index (χ0) is 15.4. The first kappa shape index (κ1) is 14.5. The van der Waals surface area contributed by atoms with Crippen molar-refractivity contribution in [1.82, 2.24) is 4.98 Å². The Morgan fingerprint density at radius 2 is 2.19 bits per heavy atom. The summed E-state index contributed by atoms with van der Waals surface area (Å²) in [5.41, 5.74) is 2.71. The van der Waals surface area contributed by atoms with E-state index in [0.717, 1.165) is 17.5 Å². The molecule has 0 radical (unpaired) electrons. The predicted molar refractivity (Wildman–Crippen MR) is 79.4 cm³/mol. The van der Waals surface area contributed by atoms with E-state index in [1.54, 1.807) is 0 Å². The van der Waals surface area contributed by atoms with Gasteiger partial charge in [0.2, 0.25) is 5.82 Å². The summed E-state index contributed by atoms with van der Waals surface area (Å²) in [5.74, 6) is 0.0740. The van der Waals surface area contributed by atoms with E-state index >= 15 is 0 Å². The zero-order valence-corrected chi connectivity index (χ0v) is 11.8. The van der Waals surface area contributed by atoms with E-state index < -0.39 is 4.92 Å². The minimum atomic E-state index is -0.594. The molecule has 0 fully saturated rings. The molecule has 0 saturated carbocycles. The van der Waals surface area contributed by atoms with E-state index in [-0.39, 0.29) is 17.1 Å².